The zero-order valence-corrected chi connectivity index (χ0v) is 21.3. The average Bonchev–Trinajstić information content (AvgIpc) is 3.59. The maximum atomic E-state index is 13.6. The van der Waals surface area contributed by atoms with Crippen molar-refractivity contribution >= 4 is 29.0 Å². The number of benzene rings is 2. The largest absolute Gasteiger partial charge is 0.376 e. The number of urea groups is 1. The number of halogens is 1. The molecule has 1 aliphatic rings. The molecule has 0 spiro atoms. The Labute approximate surface area is 215 Å². The van der Waals surface area contributed by atoms with Crippen LogP contribution in [0.15, 0.2) is 66.0 Å². The van der Waals surface area contributed by atoms with Gasteiger partial charge >= 0.3 is 6.03 Å². The van der Waals surface area contributed by atoms with E-state index in [2.05, 4.69) is 12.2 Å². The van der Waals surface area contributed by atoms with Crippen LogP contribution in [-0.2, 0) is 29.0 Å². The Kier molecular flexibility index (Phi) is 9.08. The van der Waals surface area contributed by atoms with Crippen molar-refractivity contribution in [2.45, 2.75) is 45.4 Å². The van der Waals surface area contributed by atoms with Crippen LogP contribution in [0, 0.1) is 5.82 Å². The third kappa shape index (κ3) is 7.38. The van der Waals surface area contributed by atoms with Crippen LogP contribution >= 0.6 is 11.3 Å². The van der Waals surface area contributed by atoms with E-state index in [0.717, 1.165) is 35.3 Å². The average molecular weight is 510 g/mol. The monoisotopic (exact) mass is 509 g/mol. The summed E-state index contributed by atoms with van der Waals surface area (Å²) in [6.07, 6.45) is 2.58. The van der Waals surface area contributed by atoms with Crippen molar-refractivity contribution in [2.24, 2.45) is 0 Å². The van der Waals surface area contributed by atoms with Gasteiger partial charge in [0.2, 0.25) is 5.91 Å². The molecule has 1 fully saturated rings. The minimum atomic E-state index is -0.329. The van der Waals surface area contributed by atoms with Crippen LogP contribution in [0.5, 0.6) is 0 Å². The second-order valence-corrected chi connectivity index (χ2v) is 9.99. The first-order valence-electron chi connectivity index (χ1n) is 12.3. The Morgan fingerprint density at radius 3 is 2.58 bits per heavy atom. The van der Waals surface area contributed by atoms with E-state index in [1.54, 1.807) is 33.3 Å². The number of carbonyl (C=O) groups excluding carboxylic acids is 2. The molecule has 8 heteroatoms. The van der Waals surface area contributed by atoms with Gasteiger partial charge < -0.3 is 19.9 Å². The van der Waals surface area contributed by atoms with E-state index >= 15 is 0 Å². The highest BCUT2D eigenvalue weighted by Crippen LogP contribution is 2.19. The molecule has 0 bridgehead atoms. The fourth-order valence-electron chi connectivity index (χ4n) is 4.22. The molecule has 190 valence electrons. The molecule has 1 N–H and O–H groups in total. The summed E-state index contributed by atoms with van der Waals surface area (Å²) in [5.74, 6) is -0.496. The van der Waals surface area contributed by atoms with Gasteiger partial charge in [-0.2, -0.15) is 0 Å². The zero-order valence-electron chi connectivity index (χ0n) is 20.5. The maximum absolute atomic E-state index is 13.6. The van der Waals surface area contributed by atoms with Crippen LogP contribution in [0.4, 0.5) is 14.9 Å². The first-order chi connectivity index (χ1) is 17.5. The van der Waals surface area contributed by atoms with E-state index in [-0.39, 0.29) is 30.4 Å². The fraction of sp³-hybridized carbons (Fsp3) is 0.357. The smallest absolute Gasteiger partial charge is 0.322 e. The summed E-state index contributed by atoms with van der Waals surface area (Å²) in [5, 5.41) is 4.93. The summed E-state index contributed by atoms with van der Waals surface area (Å²) in [6.45, 7) is 3.74. The van der Waals surface area contributed by atoms with Gasteiger partial charge in [-0.15, -0.1) is 11.3 Å². The van der Waals surface area contributed by atoms with Crippen LogP contribution < -0.4 is 5.32 Å². The number of ether oxygens (including phenoxy) is 1. The number of carbonyl (C=O) groups is 2. The van der Waals surface area contributed by atoms with Gasteiger partial charge in [0.05, 0.1) is 12.6 Å². The minimum absolute atomic E-state index is 0.0776. The second kappa shape index (κ2) is 12.6. The van der Waals surface area contributed by atoms with E-state index in [1.165, 1.54) is 12.1 Å². The number of hydrogen-bond donors (Lipinski definition) is 1. The highest BCUT2D eigenvalue weighted by atomic mass is 32.1. The standard InChI is InChI=1S/C28H32FN3O3S/c1-2-21-6-3-7-24(16-21)30-28(34)32(18-25-8-4-14-35-25)20-27(33)31(19-26-9-5-15-36-26)17-22-10-12-23(29)13-11-22/h3,5-7,9-13,15-16,25H,2,4,8,14,17-20H2,1H3,(H,30,34)/t25-/m0/s1. The molecule has 1 atom stereocenters. The van der Waals surface area contributed by atoms with Crippen LogP contribution in [0.2, 0.25) is 0 Å². The SMILES string of the molecule is CCc1cccc(NC(=O)N(CC(=O)N(Cc2ccc(F)cc2)Cc2cccs2)C[C@@H]2CCCO2)c1. The van der Waals surface area contributed by atoms with E-state index in [9.17, 15) is 14.0 Å². The Hall–Kier alpha value is -3.23. The van der Waals surface area contributed by atoms with Crippen molar-refractivity contribution in [2.75, 3.05) is 25.0 Å². The van der Waals surface area contributed by atoms with Gasteiger partial charge in [-0.05, 0) is 66.1 Å². The lowest BCUT2D eigenvalue weighted by atomic mass is 10.1. The van der Waals surface area contributed by atoms with Gasteiger partial charge in [0.1, 0.15) is 12.4 Å². The number of nitrogens with zero attached hydrogens (tertiary/aromatic N) is 2. The number of anilines is 1. The Morgan fingerprint density at radius 2 is 1.89 bits per heavy atom. The molecular weight excluding hydrogens is 477 g/mol. The van der Waals surface area contributed by atoms with E-state index in [1.807, 2.05) is 41.8 Å². The lowest BCUT2D eigenvalue weighted by Crippen LogP contribution is -2.46. The Balaban J connectivity index is 1.51. The summed E-state index contributed by atoms with van der Waals surface area (Å²) in [5.41, 5.74) is 2.65. The van der Waals surface area contributed by atoms with Crippen LogP contribution in [-0.4, -0.2) is 47.5 Å². The van der Waals surface area contributed by atoms with Gasteiger partial charge in [0, 0.05) is 30.3 Å². The molecule has 1 aliphatic heterocycles. The van der Waals surface area contributed by atoms with Gasteiger partial charge in [0.15, 0.2) is 0 Å². The quantitative estimate of drug-likeness (QED) is 0.382. The van der Waals surface area contributed by atoms with Crippen molar-refractivity contribution in [3.05, 3.63) is 87.9 Å². The molecule has 1 aromatic heterocycles. The topological polar surface area (TPSA) is 61.9 Å². The van der Waals surface area contributed by atoms with Crippen LogP contribution in [0.1, 0.15) is 35.8 Å². The molecule has 3 amide bonds. The van der Waals surface area contributed by atoms with Crippen molar-refractivity contribution in [3.63, 3.8) is 0 Å². The molecule has 4 rings (SSSR count). The van der Waals surface area contributed by atoms with Crippen molar-refractivity contribution in [1.29, 1.82) is 0 Å². The molecule has 1 saturated heterocycles. The maximum Gasteiger partial charge on any atom is 0.322 e. The molecule has 6 nitrogen and oxygen atoms in total. The number of amides is 3. The predicted molar refractivity (Wildman–Crippen MR) is 140 cm³/mol. The summed E-state index contributed by atoms with van der Waals surface area (Å²) >= 11 is 1.57. The van der Waals surface area contributed by atoms with Gasteiger partial charge in [-0.25, -0.2) is 9.18 Å². The third-order valence-electron chi connectivity index (χ3n) is 6.21. The summed E-state index contributed by atoms with van der Waals surface area (Å²) < 4.78 is 19.2. The molecule has 36 heavy (non-hydrogen) atoms. The predicted octanol–water partition coefficient (Wildman–Crippen LogP) is 5.69. The molecule has 3 aromatic rings. The van der Waals surface area contributed by atoms with E-state index in [0.29, 0.717) is 31.9 Å². The summed E-state index contributed by atoms with van der Waals surface area (Å²) in [7, 11) is 0. The van der Waals surface area contributed by atoms with Gasteiger partial charge in [0.25, 0.3) is 0 Å². The number of hydrogen-bond acceptors (Lipinski definition) is 4. The van der Waals surface area contributed by atoms with Gasteiger partial charge in [-0.1, -0.05) is 37.3 Å². The van der Waals surface area contributed by atoms with Gasteiger partial charge in [-0.3, -0.25) is 4.79 Å². The number of nitrogens with one attached hydrogen (secondary N) is 1. The Morgan fingerprint density at radius 1 is 1.06 bits per heavy atom. The van der Waals surface area contributed by atoms with E-state index in [4.69, 9.17) is 4.74 Å². The van der Waals surface area contributed by atoms with E-state index < -0.39 is 0 Å². The molecular formula is C28H32FN3O3S. The number of thiophene rings is 1. The molecule has 2 aromatic carbocycles. The van der Waals surface area contributed by atoms with Crippen molar-refractivity contribution in [1.82, 2.24) is 9.80 Å². The van der Waals surface area contributed by atoms with Crippen molar-refractivity contribution < 1.29 is 18.7 Å². The normalized spacial score (nSPS) is 15.0. The first-order valence-corrected chi connectivity index (χ1v) is 13.2. The van der Waals surface area contributed by atoms with Crippen LogP contribution in [0.3, 0.4) is 0 Å². The fourth-order valence-corrected chi connectivity index (χ4v) is 4.94. The van der Waals surface area contributed by atoms with Crippen LogP contribution in [0.25, 0.3) is 0 Å². The number of aryl methyl sites for hydroxylation is 1. The van der Waals surface area contributed by atoms with Crippen molar-refractivity contribution in [3.8, 4) is 0 Å². The lowest BCUT2D eigenvalue weighted by Gasteiger charge is -2.29. The Bertz CT molecular complexity index is 1130. The summed E-state index contributed by atoms with van der Waals surface area (Å²) in [4.78, 5) is 31.2. The first kappa shape index (κ1) is 25.9. The molecule has 2 heterocycles. The summed E-state index contributed by atoms with van der Waals surface area (Å²) in [6, 6.07) is 17.5. The lowest BCUT2D eigenvalue weighted by molar-refractivity contribution is -0.133. The second-order valence-electron chi connectivity index (χ2n) is 8.96. The molecule has 0 unspecified atom stereocenters. The zero-order chi connectivity index (χ0) is 25.3. The minimum Gasteiger partial charge on any atom is -0.376 e. The number of rotatable bonds is 10. The molecule has 0 saturated carbocycles. The highest BCUT2D eigenvalue weighted by molar-refractivity contribution is 7.09. The molecule has 0 radical (unpaired) electrons. The highest BCUT2D eigenvalue weighted by Gasteiger charge is 2.27. The molecule has 0 aliphatic carbocycles. The third-order valence-corrected chi connectivity index (χ3v) is 7.08.